The normalized spacial score (nSPS) is 10.2. The molecule has 1 aromatic carbocycles. The van der Waals surface area contributed by atoms with Crippen LogP contribution in [0.5, 0.6) is 0 Å². The van der Waals surface area contributed by atoms with E-state index in [1.807, 2.05) is 30.5 Å². The third-order valence-electron chi connectivity index (χ3n) is 2.74. The Labute approximate surface area is 120 Å². The molecule has 0 aliphatic heterocycles. The summed E-state index contributed by atoms with van der Waals surface area (Å²) < 4.78 is 1.40. The van der Waals surface area contributed by atoms with E-state index in [4.69, 9.17) is 5.11 Å². The molecular formula is C14H14N2O3S. The summed E-state index contributed by atoms with van der Waals surface area (Å²) in [6, 6.07) is 10.5. The SMILES string of the molecule is CSc1ccc(NC(=O)Cn2cccc2C(=O)O)cc1. The molecule has 5 nitrogen and oxygen atoms in total. The van der Waals surface area contributed by atoms with E-state index in [0.717, 1.165) is 4.90 Å². The van der Waals surface area contributed by atoms with Gasteiger partial charge < -0.3 is 15.0 Å². The number of amides is 1. The highest BCUT2D eigenvalue weighted by Gasteiger charge is 2.11. The lowest BCUT2D eigenvalue weighted by molar-refractivity contribution is -0.116. The van der Waals surface area contributed by atoms with Crippen LogP contribution < -0.4 is 5.32 Å². The van der Waals surface area contributed by atoms with Crippen molar-refractivity contribution < 1.29 is 14.7 Å². The van der Waals surface area contributed by atoms with E-state index in [1.54, 1.807) is 24.0 Å². The Hall–Kier alpha value is -2.21. The van der Waals surface area contributed by atoms with Crippen LogP contribution in [0.3, 0.4) is 0 Å². The molecule has 0 radical (unpaired) electrons. The van der Waals surface area contributed by atoms with Crippen molar-refractivity contribution in [1.82, 2.24) is 4.57 Å². The molecule has 20 heavy (non-hydrogen) atoms. The van der Waals surface area contributed by atoms with Gasteiger partial charge in [0.1, 0.15) is 12.2 Å². The standard InChI is InChI=1S/C14H14N2O3S/c1-20-11-6-4-10(5-7-11)15-13(17)9-16-8-2-3-12(16)14(18)19/h2-8H,9H2,1H3,(H,15,17)(H,18,19). The van der Waals surface area contributed by atoms with Crippen molar-refractivity contribution in [3.63, 3.8) is 0 Å². The Morgan fingerprint density at radius 1 is 1.25 bits per heavy atom. The van der Waals surface area contributed by atoms with Crippen molar-refractivity contribution in [3.8, 4) is 0 Å². The molecule has 0 fully saturated rings. The number of hydrogen-bond acceptors (Lipinski definition) is 3. The molecule has 0 aliphatic carbocycles. The number of rotatable bonds is 5. The van der Waals surface area contributed by atoms with E-state index >= 15 is 0 Å². The van der Waals surface area contributed by atoms with Gasteiger partial charge in [0.05, 0.1) is 0 Å². The van der Waals surface area contributed by atoms with Gasteiger partial charge in [0.15, 0.2) is 0 Å². The lowest BCUT2D eigenvalue weighted by Gasteiger charge is -2.08. The Morgan fingerprint density at radius 2 is 1.95 bits per heavy atom. The van der Waals surface area contributed by atoms with Crippen LogP contribution in [0.15, 0.2) is 47.5 Å². The molecule has 1 amide bonds. The van der Waals surface area contributed by atoms with Crippen LogP contribution in [-0.4, -0.2) is 27.8 Å². The van der Waals surface area contributed by atoms with Crippen LogP contribution >= 0.6 is 11.8 Å². The maximum atomic E-state index is 11.9. The number of nitrogens with one attached hydrogen (secondary N) is 1. The van der Waals surface area contributed by atoms with Crippen LogP contribution in [-0.2, 0) is 11.3 Å². The third kappa shape index (κ3) is 3.42. The summed E-state index contributed by atoms with van der Waals surface area (Å²) in [7, 11) is 0. The van der Waals surface area contributed by atoms with Crippen molar-refractivity contribution in [2.75, 3.05) is 11.6 Å². The van der Waals surface area contributed by atoms with E-state index in [1.165, 1.54) is 10.6 Å². The molecule has 1 aromatic heterocycles. The number of benzene rings is 1. The number of aromatic carboxylic acids is 1. The number of carbonyl (C=O) groups is 2. The highest BCUT2D eigenvalue weighted by Crippen LogP contribution is 2.17. The Balaban J connectivity index is 2.01. The fourth-order valence-electron chi connectivity index (χ4n) is 1.78. The summed E-state index contributed by atoms with van der Waals surface area (Å²) in [5.41, 5.74) is 0.787. The second-order valence-electron chi connectivity index (χ2n) is 4.10. The highest BCUT2D eigenvalue weighted by atomic mass is 32.2. The molecule has 104 valence electrons. The van der Waals surface area contributed by atoms with Crippen LogP contribution in [0.4, 0.5) is 5.69 Å². The van der Waals surface area contributed by atoms with Gasteiger partial charge >= 0.3 is 5.97 Å². The number of carboxylic acids is 1. The molecule has 0 saturated heterocycles. The summed E-state index contributed by atoms with van der Waals surface area (Å²) in [6.07, 6.45) is 3.55. The minimum atomic E-state index is -1.05. The van der Waals surface area contributed by atoms with E-state index in [9.17, 15) is 9.59 Å². The predicted octanol–water partition coefficient (Wildman–Crippen LogP) is 2.55. The molecule has 1 heterocycles. The van der Waals surface area contributed by atoms with Gasteiger partial charge in [0.25, 0.3) is 0 Å². The summed E-state index contributed by atoms with van der Waals surface area (Å²) >= 11 is 1.62. The topological polar surface area (TPSA) is 71.3 Å². The van der Waals surface area contributed by atoms with Gasteiger partial charge in [0.2, 0.25) is 5.91 Å². The lowest BCUT2D eigenvalue weighted by atomic mass is 10.3. The average molecular weight is 290 g/mol. The quantitative estimate of drug-likeness (QED) is 0.830. The van der Waals surface area contributed by atoms with Gasteiger partial charge in [-0.25, -0.2) is 4.79 Å². The maximum Gasteiger partial charge on any atom is 0.352 e. The lowest BCUT2D eigenvalue weighted by Crippen LogP contribution is -2.20. The van der Waals surface area contributed by atoms with Crippen LogP contribution in [0.1, 0.15) is 10.5 Å². The Bertz CT molecular complexity index is 620. The number of hydrogen-bond donors (Lipinski definition) is 2. The van der Waals surface area contributed by atoms with Gasteiger partial charge in [-0.15, -0.1) is 11.8 Å². The van der Waals surface area contributed by atoms with Gasteiger partial charge in [-0.05, 0) is 42.7 Å². The highest BCUT2D eigenvalue weighted by molar-refractivity contribution is 7.98. The van der Waals surface area contributed by atoms with E-state index < -0.39 is 5.97 Å². The second kappa shape index (κ2) is 6.29. The van der Waals surface area contributed by atoms with Crippen LogP contribution in [0.2, 0.25) is 0 Å². The first-order valence-electron chi connectivity index (χ1n) is 5.92. The fraction of sp³-hybridized carbons (Fsp3) is 0.143. The smallest absolute Gasteiger partial charge is 0.352 e. The second-order valence-corrected chi connectivity index (χ2v) is 4.98. The molecule has 2 rings (SSSR count). The number of thioether (sulfide) groups is 1. The molecule has 0 aliphatic rings. The minimum Gasteiger partial charge on any atom is -0.477 e. The number of nitrogens with zero attached hydrogens (tertiary/aromatic N) is 1. The van der Waals surface area contributed by atoms with Crippen molar-refractivity contribution in [1.29, 1.82) is 0 Å². The molecule has 2 aromatic rings. The van der Waals surface area contributed by atoms with Gasteiger partial charge in [0, 0.05) is 16.8 Å². The largest absolute Gasteiger partial charge is 0.477 e. The average Bonchev–Trinajstić information content (AvgIpc) is 2.87. The zero-order valence-corrected chi connectivity index (χ0v) is 11.7. The molecule has 0 spiro atoms. The monoisotopic (exact) mass is 290 g/mol. The zero-order valence-electron chi connectivity index (χ0n) is 10.9. The maximum absolute atomic E-state index is 11.9. The first-order chi connectivity index (χ1) is 9.60. The number of carbonyl (C=O) groups excluding carboxylic acids is 1. The van der Waals surface area contributed by atoms with E-state index in [0.29, 0.717) is 5.69 Å². The molecule has 0 saturated carbocycles. The molecule has 6 heteroatoms. The van der Waals surface area contributed by atoms with Crippen LogP contribution in [0, 0.1) is 0 Å². The number of aromatic nitrogens is 1. The predicted molar refractivity (Wildman–Crippen MR) is 78.2 cm³/mol. The molecule has 2 N–H and O–H groups in total. The van der Waals surface area contributed by atoms with Gasteiger partial charge in [-0.3, -0.25) is 4.79 Å². The minimum absolute atomic E-state index is 0.0289. The van der Waals surface area contributed by atoms with Crippen molar-refractivity contribution >= 4 is 29.3 Å². The fourth-order valence-corrected chi connectivity index (χ4v) is 2.18. The summed E-state index contributed by atoms with van der Waals surface area (Å²) in [4.78, 5) is 23.9. The van der Waals surface area contributed by atoms with E-state index in [2.05, 4.69) is 5.32 Å². The summed E-state index contributed by atoms with van der Waals surface area (Å²) in [5, 5.41) is 11.7. The summed E-state index contributed by atoms with van der Waals surface area (Å²) in [6.45, 7) is -0.0289. The number of anilines is 1. The first-order valence-corrected chi connectivity index (χ1v) is 7.15. The Morgan fingerprint density at radius 3 is 2.55 bits per heavy atom. The van der Waals surface area contributed by atoms with Gasteiger partial charge in [-0.1, -0.05) is 0 Å². The Kier molecular flexibility index (Phi) is 4.47. The molecule has 0 bridgehead atoms. The van der Waals surface area contributed by atoms with Crippen molar-refractivity contribution in [3.05, 3.63) is 48.3 Å². The van der Waals surface area contributed by atoms with E-state index in [-0.39, 0.29) is 18.1 Å². The van der Waals surface area contributed by atoms with Crippen LogP contribution in [0.25, 0.3) is 0 Å². The molecule has 0 atom stereocenters. The molecule has 0 unspecified atom stereocenters. The number of carboxylic acid groups (broad SMARTS) is 1. The van der Waals surface area contributed by atoms with Gasteiger partial charge in [-0.2, -0.15) is 0 Å². The first kappa shape index (κ1) is 14.2. The molecular weight excluding hydrogens is 276 g/mol. The summed E-state index contributed by atoms with van der Waals surface area (Å²) in [5.74, 6) is -1.31. The van der Waals surface area contributed by atoms with Crippen molar-refractivity contribution in [2.45, 2.75) is 11.4 Å². The zero-order chi connectivity index (χ0) is 14.5. The third-order valence-corrected chi connectivity index (χ3v) is 3.48. The van der Waals surface area contributed by atoms with Crippen molar-refractivity contribution in [2.24, 2.45) is 0 Å².